The molecule has 0 radical (unpaired) electrons. The largest absolute Gasteiger partial charge is 0.327 e. The van der Waals surface area contributed by atoms with E-state index in [1.54, 1.807) is 0 Å². The first-order chi connectivity index (χ1) is 11.2. The van der Waals surface area contributed by atoms with Gasteiger partial charge in [0.2, 0.25) is 5.91 Å². The van der Waals surface area contributed by atoms with Crippen molar-refractivity contribution in [1.29, 1.82) is 0 Å². The third-order valence-corrected chi connectivity index (χ3v) is 4.71. The van der Waals surface area contributed by atoms with Gasteiger partial charge in [-0.15, -0.1) is 12.4 Å². The molecular formula is C20H25ClN2O. The zero-order chi connectivity index (χ0) is 16.1. The highest BCUT2D eigenvalue weighted by atomic mass is 35.5. The number of rotatable bonds is 5. The van der Waals surface area contributed by atoms with E-state index in [-0.39, 0.29) is 24.4 Å². The van der Waals surface area contributed by atoms with Crippen molar-refractivity contribution in [2.45, 2.75) is 38.3 Å². The van der Waals surface area contributed by atoms with Gasteiger partial charge in [0.1, 0.15) is 0 Å². The van der Waals surface area contributed by atoms with Crippen LogP contribution in [0.25, 0.3) is 0 Å². The Kier molecular flexibility index (Phi) is 6.83. The molecule has 0 aromatic heterocycles. The Morgan fingerprint density at radius 1 is 1.00 bits per heavy atom. The molecule has 2 aromatic rings. The van der Waals surface area contributed by atoms with Crippen LogP contribution in [0.15, 0.2) is 60.7 Å². The Labute approximate surface area is 150 Å². The minimum Gasteiger partial charge on any atom is -0.327 e. The Bertz CT molecular complexity index is 633. The van der Waals surface area contributed by atoms with E-state index in [1.807, 2.05) is 53.4 Å². The maximum Gasteiger partial charge on any atom is 0.227 e. The molecule has 0 spiro atoms. The number of hydrogen-bond donors (Lipinski definition) is 1. The van der Waals surface area contributed by atoms with Crippen LogP contribution in [0.1, 0.15) is 31.2 Å². The average molecular weight is 345 g/mol. The second-order valence-corrected chi connectivity index (χ2v) is 6.36. The molecule has 1 saturated carbocycles. The standard InChI is InChI=1S/C20H24N2O.ClH/c21-19-13-7-10-17(19)14-20(23)22(18-11-5-2-6-12-18)15-16-8-3-1-4-9-16;/h1-6,8-9,11-12,17,19H,7,10,13-15,21H2;1H/t17-,19+;/m0./s1. The Morgan fingerprint density at radius 3 is 2.21 bits per heavy atom. The van der Waals surface area contributed by atoms with Crippen molar-refractivity contribution < 1.29 is 4.79 Å². The molecule has 1 aliphatic rings. The highest BCUT2D eigenvalue weighted by molar-refractivity contribution is 5.93. The lowest BCUT2D eigenvalue weighted by molar-refractivity contribution is -0.119. The number of amides is 1. The average Bonchev–Trinajstić information content (AvgIpc) is 2.99. The number of carbonyl (C=O) groups is 1. The molecule has 128 valence electrons. The predicted octanol–water partition coefficient (Wildman–Crippen LogP) is 4.16. The van der Waals surface area contributed by atoms with Crippen molar-refractivity contribution in [2.75, 3.05) is 4.90 Å². The summed E-state index contributed by atoms with van der Waals surface area (Å²) >= 11 is 0. The van der Waals surface area contributed by atoms with Gasteiger partial charge in [0.05, 0.1) is 6.54 Å². The van der Waals surface area contributed by atoms with Crippen LogP contribution in [-0.2, 0) is 11.3 Å². The fourth-order valence-electron chi connectivity index (χ4n) is 3.35. The van der Waals surface area contributed by atoms with Crippen LogP contribution in [0.3, 0.4) is 0 Å². The van der Waals surface area contributed by atoms with Gasteiger partial charge in [-0.2, -0.15) is 0 Å². The molecule has 3 nitrogen and oxygen atoms in total. The summed E-state index contributed by atoms with van der Waals surface area (Å²) in [7, 11) is 0. The fraction of sp³-hybridized carbons (Fsp3) is 0.350. The van der Waals surface area contributed by atoms with Crippen LogP contribution in [0.4, 0.5) is 5.69 Å². The topological polar surface area (TPSA) is 46.3 Å². The molecule has 24 heavy (non-hydrogen) atoms. The number of nitrogens with two attached hydrogens (primary N) is 1. The quantitative estimate of drug-likeness (QED) is 0.885. The number of para-hydroxylation sites is 1. The van der Waals surface area contributed by atoms with Crippen LogP contribution in [-0.4, -0.2) is 11.9 Å². The highest BCUT2D eigenvalue weighted by Crippen LogP contribution is 2.29. The van der Waals surface area contributed by atoms with Gasteiger partial charge in [-0.25, -0.2) is 0 Å². The number of benzene rings is 2. The number of carbonyl (C=O) groups excluding carboxylic acids is 1. The van der Waals surface area contributed by atoms with Gasteiger partial charge in [0.25, 0.3) is 0 Å². The van der Waals surface area contributed by atoms with E-state index in [0.717, 1.165) is 30.5 Å². The molecule has 1 amide bonds. The first-order valence-corrected chi connectivity index (χ1v) is 8.39. The summed E-state index contributed by atoms with van der Waals surface area (Å²) in [4.78, 5) is 14.8. The van der Waals surface area contributed by atoms with Crippen LogP contribution in [0.2, 0.25) is 0 Å². The zero-order valence-electron chi connectivity index (χ0n) is 13.8. The lowest BCUT2D eigenvalue weighted by atomic mass is 9.99. The van der Waals surface area contributed by atoms with Gasteiger partial charge in [-0.05, 0) is 36.5 Å². The second-order valence-electron chi connectivity index (χ2n) is 6.36. The minimum absolute atomic E-state index is 0. The summed E-state index contributed by atoms with van der Waals surface area (Å²) < 4.78 is 0. The second kappa shape index (κ2) is 8.86. The molecule has 2 N–H and O–H groups in total. The van der Waals surface area contributed by atoms with Gasteiger partial charge in [0.15, 0.2) is 0 Å². The molecule has 0 bridgehead atoms. The molecular weight excluding hydrogens is 320 g/mol. The van der Waals surface area contributed by atoms with Crippen LogP contribution in [0.5, 0.6) is 0 Å². The van der Waals surface area contributed by atoms with Gasteiger partial charge in [0, 0.05) is 18.2 Å². The molecule has 0 aliphatic heterocycles. The molecule has 2 aromatic carbocycles. The predicted molar refractivity (Wildman–Crippen MR) is 101 cm³/mol. The number of halogens is 1. The van der Waals surface area contributed by atoms with Crippen LogP contribution < -0.4 is 10.6 Å². The van der Waals surface area contributed by atoms with Gasteiger partial charge < -0.3 is 10.6 Å². The third-order valence-electron chi connectivity index (χ3n) is 4.71. The summed E-state index contributed by atoms with van der Waals surface area (Å²) in [5.41, 5.74) is 8.24. The van der Waals surface area contributed by atoms with Crippen molar-refractivity contribution in [3.05, 3.63) is 66.2 Å². The maximum absolute atomic E-state index is 12.9. The number of hydrogen-bond acceptors (Lipinski definition) is 2. The van der Waals surface area contributed by atoms with Gasteiger partial charge >= 0.3 is 0 Å². The molecule has 0 unspecified atom stereocenters. The molecule has 4 heteroatoms. The van der Waals surface area contributed by atoms with E-state index in [0.29, 0.717) is 18.9 Å². The van der Waals surface area contributed by atoms with Crippen molar-refractivity contribution >= 4 is 24.0 Å². The molecule has 2 atom stereocenters. The normalized spacial score (nSPS) is 19.5. The Hall–Kier alpha value is -1.84. The summed E-state index contributed by atoms with van der Waals surface area (Å²) in [6.07, 6.45) is 3.80. The lowest BCUT2D eigenvalue weighted by Crippen LogP contribution is -2.35. The highest BCUT2D eigenvalue weighted by Gasteiger charge is 2.28. The van der Waals surface area contributed by atoms with E-state index < -0.39 is 0 Å². The lowest BCUT2D eigenvalue weighted by Gasteiger charge is -2.25. The van der Waals surface area contributed by atoms with Crippen LogP contribution in [0, 0.1) is 5.92 Å². The zero-order valence-corrected chi connectivity index (χ0v) is 14.6. The summed E-state index contributed by atoms with van der Waals surface area (Å²) in [5, 5.41) is 0. The van der Waals surface area contributed by atoms with E-state index in [1.165, 1.54) is 0 Å². The summed E-state index contributed by atoms with van der Waals surface area (Å²) in [5.74, 6) is 0.492. The maximum atomic E-state index is 12.9. The smallest absolute Gasteiger partial charge is 0.227 e. The van der Waals surface area contributed by atoms with E-state index in [9.17, 15) is 4.79 Å². The first-order valence-electron chi connectivity index (χ1n) is 8.39. The van der Waals surface area contributed by atoms with Crippen molar-refractivity contribution in [3.63, 3.8) is 0 Å². The molecule has 3 rings (SSSR count). The molecule has 0 saturated heterocycles. The fourth-order valence-corrected chi connectivity index (χ4v) is 3.35. The van der Waals surface area contributed by atoms with Crippen LogP contribution >= 0.6 is 12.4 Å². The van der Waals surface area contributed by atoms with Crippen molar-refractivity contribution in [2.24, 2.45) is 11.7 Å². The van der Waals surface area contributed by atoms with E-state index in [2.05, 4.69) is 12.1 Å². The van der Waals surface area contributed by atoms with Gasteiger partial charge in [-0.1, -0.05) is 55.0 Å². The molecule has 1 fully saturated rings. The SMILES string of the molecule is Cl.N[C@@H]1CCC[C@H]1CC(=O)N(Cc1ccccc1)c1ccccc1. The third kappa shape index (κ3) is 4.59. The monoisotopic (exact) mass is 344 g/mol. The number of nitrogens with zero attached hydrogens (tertiary/aromatic N) is 1. The first kappa shape index (κ1) is 18.5. The molecule has 0 heterocycles. The van der Waals surface area contributed by atoms with Gasteiger partial charge in [-0.3, -0.25) is 4.79 Å². The van der Waals surface area contributed by atoms with Crippen molar-refractivity contribution in [3.8, 4) is 0 Å². The number of anilines is 1. The summed E-state index contributed by atoms with van der Waals surface area (Å²) in [6, 6.07) is 20.2. The van der Waals surface area contributed by atoms with Crippen molar-refractivity contribution in [1.82, 2.24) is 0 Å². The summed E-state index contributed by atoms with van der Waals surface area (Å²) in [6.45, 7) is 0.603. The molecule has 1 aliphatic carbocycles. The Morgan fingerprint density at radius 2 is 1.62 bits per heavy atom. The van der Waals surface area contributed by atoms with E-state index in [4.69, 9.17) is 5.73 Å². The van der Waals surface area contributed by atoms with E-state index >= 15 is 0 Å². The Balaban J connectivity index is 0.00000208. The minimum atomic E-state index is 0.